The van der Waals surface area contributed by atoms with Gasteiger partial charge in [0.1, 0.15) is 6.54 Å². The van der Waals surface area contributed by atoms with Gasteiger partial charge in [-0.2, -0.15) is 24.9 Å². The van der Waals surface area contributed by atoms with Gasteiger partial charge in [0, 0.05) is 0 Å². The molecule has 0 aliphatic rings. The minimum Gasteiger partial charge on any atom is -0.346 e. The van der Waals surface area contributed by atoms with Gasteiger partial charge in [0.05, 0.1) is 6.54 Å². The molecule has 7 heteroatoms. The second-order valence-corrected chi connectivity index (χ2v) is 4.61. The Morgan fingerprint density at radius 1 is 1.24 bits per heavy atom. The van der Waals surface area contributed by atoms with E-state index in [-0.39, 0.29) is 6.54 Å². The monoisotopic (exact) mass is 272 g/mol. The first kappa shape index (κ1) is 16.6. The summed E-state index contributed by atoms with van der Waals surface area (Å²) in [5, 5.41) is 4.62. The number of alkyl halides is 3. The lowest BCUT2D eigenvalue weighted by molar-refractivity contribution is -0.137. The van der Waals surface area contributed by atoms with Crippen LogP contribution in [0.2, 0.25) is 0 Å². The van der Waals surface area contributed by atoms with E-state index < -0.39 is 18.6 Å². The lowest BCUT2D eigenvalue weighted by Crippen LogP contribution is -2.39. The van der Waals surface area contributed by atoms with Crippen LogP contribution < -0.4 is 10.6 Å². The highest BCUT2D eigenvalue weighted by Crippen LogP contribution is 2.11. The molecule has 0 rings (SSSR count). The highest BCUT2D eigenvalue weighted by molar-refractivity contribution is 7.98. The molecule has 0 unspecified atom stereocenters. The first-order valence-electron chi connectivity index (χ1n) is 5.49. The number of carbonyl (C=O) groups is 1. The second kappa shape index (κ2) is 9.58. The molecule has 0 saturated carbocycles. The number of halogens is 3. The van der Waals surface area contributed by atoms with Gasteiger partial charge < -0.3 is 10.6 Å². The fourth-order valence-corrected chi connectivity index (χ4v) is 1.63. The summed E-state index contributed by atoms with van der Waals surface area (Å²) in [6.07, 6.45) is 0.838. The van der Waals surface area contributed by atoms with Crippen LogP contribution in [0, 0.1) is 0 Å². The Morgan fingerprint density at radius 2 is 1.94 bits per heavy atom. The molecule has 0 heterocycles. The van der Waals surface area contributed by atoms with Gasteiger partial charge in [0.2, 0.25) is 5.91 Å². The Labute approximate surface area is 104 Å². The number of carbonyl (C=O) groups excluding carboxylic acids is 1. The topological polar surface area (TPSA) is 41.1 Å². The van der Waals surface area contributed by atoms with E-state index in [2.05, 4.69) is 5.32 Å². The Morgan fingerprint density at radius 3 is 2.53 bits per heavy atom. The predicted octanol–water partition coefficient (Wildman–Crippen LogP) is 1.79. The quantitative estimate of drug-likeness (QED) is 0.629. The maximum Gasteiger partial charge on any atom is 0.405 e. The second-order valence-electron chi connectivity index (χ2n) is 3.62. The van der Waals surface area contributed by atoms with E-state index in [1.54, 1.807) is 17.1 Å². The zero-order valence-electron chi connectivity index (χ0n) is 9.90. The van der Waals surface area contributed by atoms with Crippen LogP contribution in [0.25, 0.3) is 0 Å². The van der Waals surface area contributed by atoms with Gasteiger partial charge in [-0.25, -0.2) is 0 Å². The maximum absolute atomic E-state index is 11.7. The third-order valence-corrected chi connectivity index (χ3v) is 2.67. The lowest BCUT2D eigenvalue weighted by Gasteiger charge is -2.08. The normalized spacial score (nSPS) is 11.5. The number of hydrogen-bond donors (Lipinski definition) is 2. The molecular formula is C10H19F3N2OS. The molecular weight excluding hydrogens is 253 g/mol. The van der Waals surface area contributed by atoms with Crippen molar-refractivity contribution >= 4 is 17.7 Å². The van der Waals surface area contributed by atoms with Crippen molar-refractivity contribution in [3.8, 4) is 0 Å². The number of unbranched alkanes of at least 4 members (excludes halogenated alkanes) is 2. The number of rotatable bonds is 9. The molecule has 0 spiro atoms. The number of thioether (sulfide) groups is 1. The van der Waals surface area contributed by atoms with Crippen LogP contribution in [0.15, 0.2) is 0 Å². The molecule has 0 saturated heterocycles. The summed E-state index contributed by atoms with van der Waals surface area (Å²) in [6, 6.07) is 0. The summed E-state index contributed by atoms with van der Waals surface area (Å²) < 4.78 is 35.2. The molecule has 17 heavy (non-hydrogen) atoms. The number of hydrogen-bond acceptors (Lipinski definition) is 3. The third-order valence-electron chi connectivity index (χ3n) is 1.97. The van der Waals surface area contributed by atoms with Crippen molar-refractivity contribution < 1.29 is 18.0 Å². The first-order valence-corrected chi connectivity index (χ1v) is 6.88. The highest BCUT2D eigenvalue weighted by Gasteiger charge is 2.27. The van der Waals surface area contributed by atoms with Crippen LogP contribution in [0.5, 0.6) is 0 Å². The standard InChI is InChI=1S/C10H19F3N2OS/c1-17-6-4-2-3-5-14-7-9(16)15-8-10(11,12)13/h14H,2-8H2,1H3,(H,15,16). The van der Waals surface area contributed by atoms with Crippen molar-refractivity contribution in [1.82, 2.24) is 10.6 Å². The van der Waals surface area contributed by atoms with E-state index >= 15 is 0 Å². The Hall–Kier alpha value is -0.430. The van der Waals surface area contributed by atoms with Crippen LogP contribution in [-0.2, 0) is 4.79 Å². The van der Waals surface area contributed by atoms with E-state index in [1.165, 1.54) is 0 Å². The lowest BCUT2D eigenvalue weighted by atomic mass is 10.2. The Bertz CT molecular complexity index is 212. The summed E-state index contributed by atoms with van der Waals surface area (Å²) in [5.41, 5.74) is 0. The average molecular weight is 272 g/mol. The first-order chi connectivity index (χ1) is 7.95. The molecule has 0 aromatic rings. The fourth-order valence-electron chi connectivity index (χ4n) is 1.14. The van der Waals surface area contributed by atoms with Gasteiger partial charge in [-0.1, -0.05) is 6.42 Å². The molecule has 0 aromatic heterocycles. The minimum atomic E-state index is -4.34. The number of amides is 1. The predicted molar refractivity (Wildman–Crippen MR) is 64.2 cm³/mol. The van der Waals surface area contributed by atoms with Gasteiger partial charge >= 0.3 is 6.18 Å². The molecule has 0 aliphatic heterocycles. The molecule has 0 atom stereocenters. The maximum atomic E-state index is 11.7. The summed E-state index contributed by atoms with van der Waals surface area (Å²) >= 11 is 1.79. The molecule has 2 N–H and O–H groups in total. The fraction of sp³-hybridized carbons (Fsp3) is 0.900. The van der Waals surface area contributed by atoms with Crippen LogP contribution >= 0.6 is 11.8 Å². The Kier molecular flexibility index (Phi) is 9.34. The summed E-state index contributed by atoms with van der Waals surface area (Å²) in [5.74, 6) is 0.498. The summed E-state index contributed by atoms with van der Waals surface area (Å²) in [7, 11) is 0. The van der Waals surface area contributed by atoms with Crippen LogP contribution in [0.3, 0.4) is 0 Å². The summed E-state index contributed by atoms with van der Waals surface area (Å²) in [6.45, 7) is -0.659. The molecule has 0 radical (unpaired) electrons. The van der Waals surface area contributed by atoms with Gasteiger partial charge in [-0.05, 0) is 31.4 Å². The molecule has 0 bridgehead atoms. The van der Waals surface area contributed by atoms with Crippen molar-refractivity contribution in [3.63, 3.8) is 0 Å². The van der Waals surface area contributed by atoms with E-state index in [0.717, 1.165) is 25.0 Å². The van der Waals surface area contributed by atoms with Gasteiger partial charge in [0.25, 0.3) is 0 Å². The van der Waals surface area contributed by atoms with Crippen LogP contribution in [0.4, 0.5) is 13.2 Å². The van der Waals surface area contributed by atoms with Crippen molar-refractivity contribution in [2.75, 3.05) is 31.6 Å². The van der Waals surface area contributed by atoms with Crippen LogP contribution in [-0.4, -0.2) is 43.7 Å². The minimum absolute atomic E-state index is 0.0569. The van der Waals surface area contributed by atoms with E-state index in [1.807, 2.05) is 6.26 Å². The highest BCUT2D eigenvalue weighted by atomic mass is 32.2. The van der Waals surface area contributed by atoms with E-state index in [9.17, 15) is 18.0 Å². The Balaban J connectivity index is 3.28. The zero-order chi connectivity index (χ0) is 13.1. The van der Waals surface area contributed by atoms with E-state index in [4.69, 9.17) is 0 Å². The van der Waals surface area contributed by atoms with Gasteiger partial charge in [-0.3, -0.25) is 4.79 Å². The third kappa shape index (κ3) is 13.5. The van der Waals surface area contributed by atoms with Crippen molar-refractivity contribution in [1.29, 1.82) is 0 Å². The van der Waals surface area contributed by atoms with Gasteiger partial charge in [0.15, 0.2) is 0 Å². The molecule has 0 aromatic carbocycles. The average Bonchev–Trinajstić information content (AvgIpc) is 2.24. The SMILES string of the molecule is CSCCCCCNCC(=O)NCC(F)(F)F. The van der Waals surface area contributed by atoms with Crippen LogP contribution in [0.1, 0.15) is 19.3 Å². The molecule has 0 fully saturated rings. The molecule has 102 valence electrons. The van der Waals surface area contributed by atoms with Crippen molar-refractivity contribution in [2.24, 2.45) is 0 Å². The molecule has 3 nitrogen and oxygen atoms in total. The summed E-state index contributed by atoms with van der Waals surface area (Å²) in [4.78, 5) is 10.9. The molecule has 0 aliphatic carbocycles. The van der Waals surface area contributed by atoms with Gasteiger partial charge in [-0.15, -0.1) is 0 Å². The zero-order valence-corrected chi connectivity index (χ0v) is 10.7. The molecule has 1 amide bonds. The van der Waals surface area contributed by atoms with Crippen molar-refractivity contribution in [2.45, 2.75) is 25.4 Å². The smallest absolute Gasteiger partial charge is 0.346 e. The van der Waals surface area contributed by atoms with E-state index in [0.29, 0.717) is 6.54 Å². The largest absolute Gasteiger partial charge is 0.405 e. The van der Waals surface area contributed by atoms with Crippen molar-refractivity contribution in [3.05, 3.63) is 0 Å². The number of nitrogens with one attached hydrogen (secondary N) is 2.